The largest absolute Gasteiger partial charge is 0.494 e. The highest BCUT2D eigenvalue weighted by molar-refractivity contribution is 6.03. The number of aromatic amines is 1. The third-order valence-corrected chi connectivity index (χ3v) is 2.51. The van der Waals surface area contributed by atoms with Gasteiger partial charge in [-0.2, -0.15) is 0 Å². The van der Waals surface area contributed by atoms with Crippen LogP contribution in [0.4, 0.5) is 5.69 Å². The van der Waals surface area contributed by atoms with E-state index in [0.717, 1.165) is 5.75 Å². The first-order valence-electron chi connectivity index (χ1n) is 5.90. The van der Waals surface area contributed by atoms with Crippen molar-refractivity contribution < 1.29 is 14.3 Å². The van der Waals surface area contributed by atoms with Crippen LogP contribution in [0.1, 0.15) is 27.8 Å². The summed E-state index contributed by atoms with van der Waals surface area (Å²) in [6.07, 6.45) is 2.17. The molecule has 5 heteroatoms. The molecule has 0 saturated heterocycles. The summed E-state index contributed by atoms with van der Waals surface area (Å²) in [6.45, 7) is 2.51. The van der Waals surface area contributed by atoms with Crippen LogP contribution in [0.25, 0.3) is 0 Å². The number of benzene rings is 1. The van der Waals surface area contributed by atoms with Crippen LogP contribution in [0.15, 0.2) is 36.5 Å². The van der Waals surface area contributed by atoms with Crippen LogP contribution in [0.2, 0.25) is 0 Å². The van der Waals surface area contributed by atoms with Gasteiger partial charge in [0.05, 0.1) is 6.61 Å². The van der Waals surface area contributed by atoms with Crippen LogP contribution >= 0.6 is 0 Å². The first kappa shape index (κ1) is 12.9. The number of nitrogens with one attached hydrogen (secondary N) is 2. The fraction of sp³-hybridized carbons (Fsp3) is 0.143. The van der Waals surface area contributed by atoms with Crippen LogP contribution < -0.4 is 10.1 Å². The van der Waals surface area contributed by atoms with E-state index in [2.05, 4.69) is 10.3 Å². The van der Waals surface area contributed by atoms with E-state index in [1.807, 2.05) is 6.92 Å². The van der Waals surface area contributed by atoms with Gasteiger partial charge in [0.25, 0.3) is 5.91 Å². The zero-order chi connectivity index (χ0) is 13.7. The van der Waals surface area contributed by atoms with Crippen molar-refractivity contribution in [3.8, 4) is 5.75 Å². The Labute approximate surface area is 110 Å². The third kappa shape index (κ3) is 3.22. The molecule has 0 spiro atoms. The van der Waals surface area contributed by atoms with Crippen molar-refractivity contribution in [3.05, 3.63) is 47.8 Å². The maximum absolute atomic E-state index is 11.9. The zero-order valence-electron chi connectivity index (χ0n) is 10.5. The van der Waals surface area contributed by atoms with Crippen LogP contribution in [-0.2, 0) is 0 Å². The van der Waals surface area contributed by atoms with Crippen molar-refractivity contribution in [3.63, 3.8) is 0 Å². The minimum absolute atomic E-state index is 0.294. The van der Waals surface area contributed by atoms with Crippen molar-refractivity contribution in [2.24, 2.45) is 0 Å². The van der Waals surface area contributed by atoms with Gasteiger partial charge in [-0.25, -0.2) is 0 Å². The minimum Gasteiger partial charge on any atom is -0.494 e. The summed E-state index contributed by atoms with van der Waals surface area (Å²) in [7, 11) is 0. The van der Waals surface area contributed by atoms with Crippen molar-refractivity contribution >= 4 is 17.9 Å². The molecular weight excluding hydrogens is 244 g/mol. The van der Waals surface area contributed by atoms with E-state index in [-0.39, 0.29) is 5.91 Å². The fourth-order valence-electron chi connectivity index (χ4n) is 1.61. The molecule has 2 aromatic rings. The monoisotopic (exact) mass is 258 g/mol. The standard InChI is InChI=1S/C14H14N2O3/c1-2-19-12-5-3-11(4-6-12)16-14(18)13-7-10(9-17)8-15-13/h3-9,15H,2H2,1H3,(H,16,18). The SMILES string of the molecule is CCOc1ccc(NC(=O)c2cc(C=O)c[nH]2)cc1. The first-order valence-corrected chi connectivity index (χ1v) is 5.90. The van der Waals surface area contributed by atoms with Gasteiger partial charge in [0.1, 0.15) is 11.4 Å². The van der Waals surface area contributed by atoms with Gasteiger partial charge in [-0.05, 0) is 37.3 Å². The van der Waals surface area contributed by atoms with Crippen LogP contribution in [-0.4, -0.2) is 23.8 Å². The Bertz CT molecular complexity index is 573. The Kier molecular flexibility index (Phi) is 3.97. The summed E-state index contributed by atoms with van der Waals surface area (Å²) < 4.78 is 5.31. The quantitative estimate of drug-likeness (QED) is 0.809. The van der Waals surface area contributed by atoms with Crippen LogP contribution in [0.3, 0.4) is 0 Å². The Balaban J connectivity index is 2.03. The number of amides is 1. The molecule has 0 atom stereocenters. The van der Waals surface area contributed by atoms with Crippen molar-refractivity contribution in [1.82, 2.24) is 4.98 Å². The molecule has 2 rings (SSSR count). The highest BCUT2D eigenvalue weighted by Gasteiger charge is 2.08. The molecule has 0 unspecified atom stereocenters. The lowest BCUT2D eigenvalue weighted by Gasteiger charge is -2.06. The van der Waals surface area contributed by atoms with E-state index in [9.17, 15) is 9.59 Å². The number of carbonyl (C=O) groups excluding carboxylic acids is 2. The maximum atomic E-state index is 11.9. The summed E-state index contributed by atoms with van der Waals surface area (Å²) in [5.74, 6) is 0.459. The van der Waals surface area contributed by atoms with E-state index >= 15 is 0 Å². The van der Waals surface area contributed by atoms with Gasteiger partial charge >= 0.3 is 0 Å². The first-order chi connectivity index (χ1) is 9.22. The Hall–Kier alpha value is -2.56. The predicted octanol–water partition coefficient (Wildman–Crippen LogP) is 2.48. The molecule has 0 bridgehead atoms. The second-order valence-corrected chi connectivity index (χ2v) is 3.88. The molecule has 0 aliphatic rings. The number of hydrogen-bond donors (Lipinski definition) is 2. The Morgan fingerprint density at radius 1 is 1.37 bits per heavy atom. The molecule has 19 heavy (non-hydrogen) atoms. The molecule has 0 saturated carbocycles. The van der Waals surface area contributed by atoms with Gasteiger partial charge in [0.15, 0.2) is 6.29 Å². The molecule has 2 N–H and O–H groups in total. The molecule has 5 nitrogen and oxygen atoms in total. The molecule has 0 aliphatic carbocycles. The van der Waals surface area contributed by atoms with E-state index in [1.54, 1.807) is 24.3 Å². The van der Waals surface area contributed by atoms with E-state index in [0.29, 0.717) is 29.8 Å². The van der Waals surface area contributed by atoms with Gasteiger partial charge < -0.3 is 15.0 Å². The molecule has 0 aliphatic heterocycles. The van der Waals surface area contributed by atoms with Gasteiger partial charge in [-0.1, -0.05) is 0 Å². The molecule has 1 heterocycles. The molecule has 0 radical (unpaired) electrons. The summed E-state index contributed by atoms with van der Waals surface area (Å²) in [5, 5.41) is 2.72. The van der Waals surface area contributed by atoms with Crippen molar-refractivity contribution in [2.75, 3.05) is 11.9 Å². The van der Waals surface area contributed by atoms with E-state index < -0.39 is 0 Å². The van der Waals surface area contributed by atoms with Gasteiger partial charge in [-0.15, -0.1) is 0 Å². The fourth-order valence-corrected chi connectivity index (χ4v) is 1.61. The van der Waals surface area contributed by atoms with E-state index in [1.165, 1.54) is 12.3 Å². The van der Waals surface area contributed by atoms with Crippen molar-refractivity contribution in [1.29, 1.82) is 0 Å². The highest BCUT2D eigenvalue weighted by Crippen LogP contribution is 2.16. The lowest BCUT2D eigenvalue weighted by molar-refractivity contribution is 0.102. The highest BCUT2D eigenvalue weighted by atomic mass is 16.5. The zero-order valence-corrected chi connectivity index (χ0v) is 10.5. The lowest BCUT2D eigenvalue weighted by atomic mass is 10.3. The average molecular weight is 258 g/mol. The third-order valence-electron chi connectivity index (χ3n) is 2.51. The van der Waals surface area contributed by atoms with Gasteiger partial charge in [0, 0.05) is 17.4 Å². The van der Waals surface area contributed by atoms with Crippen LogP contribution in [0.5, 0.6) is 5.75 Å². The molecule has 0 fully saturated rings. The van der Waals surface area contributed by atoms with E-state index in [4.69, 9.17) is 4.74 Å². The van der Waals surface area contributed by atoms with Crippen molar-refractivity contribution in [2.45, 2.75) is 6.92 Å². The number of aldehydes is 1. The second kappa shape index (κ2) is 5.86. The number of H-pyrrole nitrogens is 1. The predicted molar refractivity (Wildman–Crippen MR) is 71.7 cm³/mol. The maximum Gasteiger partial charge on any atom is 0.272 e. The molecule has 98 valence electrons. The Morgan fingerprint density at radius 3 is 2.68 bits per heavy atom. The molecule has 1 aromatic heterocycles. The molecule has 1 aromatic carbocycles. The number of rotatable bonds is 5. The molecule has 1 amide bonds. The Morgan fingerprint density at radius 2 is 2.11 bits per heavy atom. The summed E-state index contributed by atoms with van der Waals surface area (Å²) in [5.41, 5.74) is 1.45. The smallest absolute Gasteiger partial charge is 0.272 e. The summed E-state index contributed by atoms with van der Waals surface area (Å²) >= 11 is 0. The normalized spacial score (nSPS) is 9.95. The second-order valence-electron chi connectivity index (χ2n) is 3.88. The van der Waals surface area contributed by atoms with Gasteiger partial charge in [-0.3, -0.25) is 9.59 Å². The number of aromatic nitrogens is 1. The number of anilines is 1. The number of carbonyl (C=O) groups is 2. The number of ether oxygens (including phenoxy) is 1. The summed E-state index contributed by atoms with van der Waals surface area (Å²) in [4.78, 5) is 25.1. The topological polar surface area (TPSA) is 71.2 Å². The molecular formula is C14H14N2O3. The summed E-state index contributed by atoms with van der Waals surface area (Å²) in [6, 6.07) is 8.57. The lowest BCUT2D eigenvalue weighted by Crippen LogP contribution is -2.12. The minimum atomic E-state index is -0.294. The van der Waals surface area contributed by atoms with Crippen LogP contribution in [0, 0.1) is 0 Å². The average Bonchev–Trinajstić information content (AvgIpc) is 2.90. The number of hydrogen-bond acceptors (Lipinski definition) is 3. The van der Waals surface area contributed by atoms with Gasteiger partial charge in [0.2, 0.25) is 0 Å².